The lowest BCUT2D eigenvalue weighted by atomic mass is 10.3. The Morgan fingerprint density at radius 1 is 1.47 bits per heavy atom. The highest BCUT2D eigenvalue weighted by Gasteiger charge is 2.07. The number of aliphatic hydroxyl groups excluding tert-OH is 1. The Kier molecular flexibility index (Phi) is 3.99. The molecule has 2 rings (SSSR count). The molecule has 5 heteroatoms. The third kappa shape index (κ3) is 3.19. The largest absolute Gasteiger partial charge is 0.486 e. The van der Waals surface area contributed by atoms with Crippen LogP contribution in [-0.4, -0.2) is 10.1 Å². The average molecular weight is 270 g/mol. The highest BCUT2D eigenvalue weighted by Crippen LogP contribution is 2.21. The van der Waals surface area contributed by atoms with Gasteiger partial charge >= 0.3 is 0 Å². The Morgan fingerprint density at radius 2 is 2.29 bits per heavy atom. The van der Waals surface area contributed by atoms with Crippen LogP contribution in [0.4, 0.5) is 0 Å². The molecule has 1 aromatic carbocycles. The fourth-order valence-corrected chi connectivity index (χ4v) is 2.42. The van der Waals surface area contributed by atoms with Gasteiger partial charge in [-0.25, -0.2) is 4.98 Å². The number of hydrogen-bond acceptors (Lipinski definition) is 4. The third-order valence-corrected chi connectivity index (χ3v) is 3.59. The first-order chi connectivity index (χ1) is 8.19. The van der Waals surface area contributed by atoms with E-state index in [0.29, 0.717) is 11.6 Å². The zero-order valence-electron chi connectivity index (χ0n) is 9.31. The van der Waals surface area contributed by atoms with Crippen LogP contribution in [0.1, 0.15) is 15.6 Å². The molecule has 0 aliphatic heterocycles. The molecule has 17 heavy (non-hydrogen) atoms. The summed E-state index contributed by atoms with van der Waals surface area (Å²) in [6.07, 6.45) is 0. The van der Waals surface area contributed by atoms with Crippen LogP contribution in [0, 0.1) is 6.92 Å². The van der Waals surface area contributed by atoms with Gasteiger partial charge in [-0.05, 0) is 25.1 Å². The maximum Gasteiger partial charge on any atom is 0.140 e. The van der Waals surface area contributed by atoms with Crippen molar-refractivity contribution in [3.63, 3.8) is 0 Å². The van der Waals surface area contributed by atoms with Gasteiger partial charge in [0, 0.05) is 5.02 Å². The first-order valence-electron chi connectivity index (χ1n) is 5.13. The van der Waals surface area contributed by atoms with Crippen molar-refractivity contribution in [3.8, 4) is 5.75 Å². The molecule has 0 amide bonds. The normalized spacial score (nSPS) is 10.5. The second-order valence-corrected chi connectivity index (χ2v) is 5.12. The molecular formula is C12H12ClNO2S. The summed E-state index contributed by atoms with van der Waals surface area (Å²) in [5.41, 5.74) is 0.863. The second kappa shape index (κ2) is 5.49. The van der Waals surface area contributed by atoms with Gasteiger partial charge in [0.2, 0.25) is 0 Å². The van der Waals surface area contributed by atoms with Crippen LogP contribution in [0.2, 0.25) is 5.02 Å². The summed E-state index contributed by atoms with van der Waals surface area (Å²) in [5.74, 6) is 0.718. The molecule has 0 radical (unpaired) electrons. The lowest BCUT2D eigenvalue weighted by Gasteiger charge is -2.03. The van der Waals surface area contributed by atoms with Crippen molar-refractivity contribution in [1.29, 1.82) is 0 Å². The Hall–Kier alpha value is -1.10. The minimum Gasteiger partial charge on any atom is -0.486 e. The number of aliphatic hydroxyl groups is 1. The van der Waals surface area contributed by atoms with Crippen LogP contribution >= 0.6 is 22.9 Å². The van der Waals surface area contributed by atoms with Crippen molar-refractivity contribution < 1.29 is 9.84 Å². The van der Waals surface area contributed by atoms with Gasteiger partial charge < -0.3 is 9.84 Å². The van der Waals surface area contributed by atoms with Gasteiger partial charge in [0.1, 0.15) is 17.4 Å². The molecule has 0 atom stereocenters. The summed E-state index contributed by atoms with van der Waals surface area (Å²) in [7, 11) is 0. The van der Waals surface area contributed by atoms with Gasteiger partial charge in [0.15, 0.2) is 0 Å². The summed E-state index contributed by atoms with van der Waals surface area (Å²) >= 11 is 7.32. The Bertz CT molecular complexity index is 513. The van der Waals surface area contributed by atoms with Crippen LogP contribution in [0.3, 0.4) is 0 Å². The van der Waals surface area contributed by atoms with Crippen molar-refractivity contribution in [2.75, 3.05) is 0 Å². The number of aryl methyl sites for hydroxylation is 1. The molecule has 0 unspecified atom stereocenters. The SMILES string of the molecule is Cc1nc(COc2cccc(Cl)c2)sc1CO. The maximum atomic E-state index is 9.07. The van der Waals surface area contributed by atoms with Crippen molar-refractivity contribution in [2.24, 2.45) is 0 Å². The van der Waals surface area contributed by atoms with Crippen LogP contribution in [0.5, 0.6) is 5.75 Å². The summed E-state index contributed by atoms with van der Waals surface area (Å²) in [4.78, 5) is 5.20. The Balaban J connectivity index is 2.02. The molecule has 0 saturated heterocycles. The van der Waals surface area contributed by atoms with Crippen molar-refractivity contribution >= 4 is 22.9 Å². The van der Waals surface area contributed by atoms with Gasteiger partial charge in [-0.15, -0.1) is 11.3 Å². The molecule has 0 aliphatic carbocycles. The van der Waals surface area contributed by atoms with E-state index in [2.05, 4.69) is 4.98 Å². The molecule has 2 aromatic rings. The summed E-state index contributed by atoms with van der Waals surface area (Å²) in [6.45, 7) is 2.30. The van der Waals surface area contributed by atoms with Gasteiger partial charge in [0.05, 0.1) is 17.2 Å². The molecule has 0 bridgehead atoms. The number of ether oxygens (including phenoxy) is 1. The first-order valence-corrected chi connectivity index (χ1v) is 6.33. The van der Waals surface area contributed by atoms with Crippen molar-refractivity contribution in [2.45, 2.75) is 20.1 Å². The fraction of sp³-hybridized carbons (Fsp3) is 0.250. The molecule has 3 nitrogen and oxygen atoms in total. The minimum absolute atomic E-state index is 0.0284. The lowest BCUT2D eigenvalue weighted by molar-refractivity contribution is 0.284. The summed E-state index contributed by atoms with van der Waals surface area (Å²) in [6, 6.07) is 7.24. The van der Waals surface area contributed by atoms with E-state index in [1.54, 1.807) is 12.1 Å². The molecule has 1 N–H and O–H groups in total. The van der Waals surface area contributed by atoms with E-state index in [1.807, 2.05) is 19.1 Å². The van der Waals surface area contributed by atoms with Gasteiger partial charge in [-0.3, -0.25) is 0 Å². The number of thiazole rings is 1. The summed E-state index contributed by atoms with van der Waals surface area (Å²) in [5, 5.41) is 10.6. The van der Waals surface area contributed by atoms with Crippen molar-refractivity contribution in [1.82, 2.24) is 4.98 Å². The van der Waals surface area contributed by atoms with E-state index in [4.69, 9.17) is 21.4 Å². The Labute approximate surface area is 109 Å². The molecule has 1 heterocycles. The van der Waals surface area contributed by atoms with E-state index in [0.717, 1.165) is 21.3 Å². The summed E-state index contributed by atoms with van der Waals surface area (Å²) < 4.78 is 5.57. The van der Waals surface area contributed by atoms with E-state index >= 15 is 0 Å². The molecule has 90 valence electrons. The van der Waals surface area contributed by atoms with E-state index < -0.39 is 0 Å². The minimum atomic E-state index is 0.0284. The average Bonchev–Trinajstić information content (AvgIpc) is 2.67. The second-order valence-electron chi connectivity index (χ2n) is 3.52. The van der Waals surface area contributed by atoms with Gasteiger partial charge in [-0.1, -0.05) is 17.7 Å². The highest BCUT2D eigenvalue weighted by molar-refractivity contribution is 7.11. The smallest absolute Gasteiger partial charge is 0.140 e. The van der Waals surface area contributed by atoms with Crippen LogP contribution in [0.15, 0.2) is 24.3 Å². The lowest BCUT2D eigenvalue weighted by Crippen LogP contribution is -1.94. The zero-order chi connectivity index (χ0) is 12.3. The monoisotopic (exact) mass is 269 g/mol. The predicted molar refractivity (Wildman–Crippen MR) is 68.6 cm³/mol. The quantitative estimate of drug-likeness (QED) is 0.927. The molecule has 0 spiro atoms. The van der Waals surface area contributed by atoms with E-state index in [1.165, 1.54) is 11.3 Å². The standard InChI is InChI=1S/C12H12ClNO2S/c1-8-11(6-15)17-12(14-8)7-16-10-4-2-3-9(13)5-10/h2-5,15H,6-7H2,1H3. The number of nitrogens with zero attached hydrogens (tertiary/aromatic N) is 1. The van der Waals surface area contributed by atoms with Gasteiger partial charge in [-0.2, -0.15) is 0 Å². The number of rotatable bonds is 4. The zero-order valence-corrected chi connectivity index (χ0v) is 10.9. The van der Waals surface area contributed by atoms with E-state index in [-0.39, 0.29) is 6.61 Å². The molecule has 1 aromatic heterocycles. The van der Waals surface area contributed by atoms with Crippen LogP contribution in [-0.2, 0) is 13.2 Å². The number of benzene rings is 1. The number of aromatic nitrogens is 1. The fourth-order valence-electron chi connectivity index (χ4n) is 1.40. The molecule has 0 fully saturated rings. The topological polar surface area (TPSA) is 42.4 Å². The number of hydrogen-bond donors (Lipinski definition) is 1. The molecule has 0 saturated carbocycles. The Morgan fingerprint density at radius 3 is 2.94 bits per heavy atom. The molecule has 0 aliphatic rings. The predicted octanol–water partition coefficient (Wildman–Crippen LogP) is 3.18. The maximum absolute atomic E-state index is 9.07. The van der Waals surface area contributed by atoms with Crippen molar-refractivity contribution in [3.05, 3.63) is 44.9 Å². The third-order valence-electron chi connectivity index (χ3n) is 2.24. The molecular weight excluding hydrogens is 258 g/mol. The van der Waals surface area contributed by atoms with Gasteiger partial charge in [0.25, 0.3) is 0 Å². The van der Waals surface area contributed by atoms with Crippen LogP contribution in [0.25, 0.3) is 0 Å². The van der Waals surface area contributed by atoms with Crippen LogP contribution < -0.4 is 4.74 Å². The van der Waals surface area contributed by atoms with E-state index in [9.17, 15) is 0 Å². The number of halogens is 1. The first kappa shape index (κ1) is 12.4. The highest BCUT2D eigenvalue weighted by atomic mass is 35.5.